The van der Waals surface area contributed by atoms with Crippen LogP contribution in [0, 0.1) is 5.92 Å². The SMILES string of the molecule is CCc1ncc(OC(=O)N(C)[C@H](C(=O)N[C@@H](Cc2ccccc2)[C@H](O)CN2CCN(Cc3ccc(OC)c(OC)c3)C[C@H]2C(=O)NC(C)(C)C)C(C)C)s1. The molecule has 0 bridgehead atoms. The van der Waals surface area contributed by atoms with Crippen LogP contribution in [-0.2, 0) is 29.0 Å². The molecule has 0 unspecified atom stereocenters. The molecular weight excluding hydrogens is 709 g/mol. The Bertz CT molecular complexity index is 1680. The van der Waals surface area contributed by atoms with E-state index in [9.17, 15) is 19.5 Å². The van der Waals surface area contributed by atoms with Gasteiger partial charge in [0, 0.05) is 45.3 Å². The molecule has 1 fully saturated rings. The molecule has 1 aromatic heterocycles. The summed E-state index contributed by atoms with van der Waals surface area (Å²) < 4.78 is 16.5. The van der Waals surface area contributed by atoms with E-state index in [0.717, 1.165) is 22.6 Å². The lowest BCUT2D eigenvalue weighted by Crippen LogP contribution is -2.63. The fraction of sp³-hybridized carbons (Fsp3) is 0.550. The van der Waals surface area contributed by atoms with Crippen LogP contribution in [-0.4, -0.2) is 120 Å². The fourth-order valence-electron chi connectivity index (χ4n) is 6.67. The second kappa shape index (κ2) is 19.4. The number of aryl methyl sites for hydroxylation is 1. The van der Waals surface area contributed by atoms with Gasteiger partial charge in [-0.05, 0) is 62.8 Å². The van der Waals surface area contributed by atoms with Crippen LogP contribution in [0.1, 0.15) is 57.7 Å². The fourth-order valence-corrected chi connectivity index (χ4v) is 7.37. The number of carbonyl (C=O) groups is 3. The van der Waals surface area contributed by atoms with Crippen molar-refractivity contribution in [2.24, 2.45) is 5.92 Å². The molecule has 0 spiro atoms. The van der Waals surface area contributed by atoms with Gasteiger partial charge in [0.2, 0.25) is 16.9 Å². The van der Waals surface area contributed by atoms with E-state index in [1.54, 1.807) is 14.2 Å². The van der Waals surface area contributed by atoms with Gasteiger partial charge in [0.15, 0.2) is 11.5 Å². The number of β-amino-alcohol motifs (C(OH)–C–C–N with tert-alkyl or cyclic N) is 1. The number of aliphatic hydroxyl groups is 1. The van der Waals surface area contributed by atoms with Crippen molar-refractivity contribution in [1.29, 1.82) is 0 Å². The van der Waals surface area contributed by atoms with E-state index in [4.69, 9.17) is 14.2 Å². The van der Waals surface area contributed by atoms with E-state index in [2.05, 4.69) is 20.5 Å². The second-order valence-corrected chi connectivity index (χ2v) is 16.2. The van der Waals surface area contributed by atoms with Crippen molar-refractivity contribution in [3.8, 4) is 16.6 Å². The lowest BCUT2D eigenvalue weighted by molar-refractivity contribution is -0.132. The van der Waals surface area contributed by atoms with Gasteiger partial charge >= 0.3 is 6.09 Å². The van der Waals surface area contributed by atoms with Gasteiger partial charge in [0.25, 0.3) is 0 Å². The molecule has 2 aromatic carbocycles. The second-order valence-electron chi connectivity index (χ2n) is 15.1. The Morgan fingerprint density at radius 3 is 2.35 bits per heavy atom. The summed E-state index contributed by atoms with van der Waals surface area (Å²) in [7, 11) is 4.74. The largest absolute Gasteiger partial charge is 0.493 e. The predicted molar refractivity (Wildman–Crippen MR) is 210 cm³/mol. The Kier molecular flexibility index (Phi) is 15.3. The summed E-state index contributed by atoms with van der Waals surface area (Å²) in [5.74, 6) is 0.465. The maximum absolute atomic E-state index is 14.1. The summed E-state index contributed by atoms with van der Waals surface area (Å²) in [6.07, 6.45) is 0.847. The van der Waals surface area contributed by atoms with Crippen molar-refractivity contribution in [3.05, 3.63) is 70.9 Å². The van der Waals surface area contributed by atoms with Gasteiger partial charge in [0.05, 0.1) is 37.6 Å². The monoisotopic (exact) mass is 766 g/mol. The number of hydrogen-bond donors (Lipinski definition) is 3. The van der Waals surface area contributed by atoms with Crippen molar-refractivity contribution >= 4 is 29.2 Å². The number of methoxy groups -OCH3 is 2. The molecule has 54 heavy (non-hydrogen) atoms. The third kappa shape index (κ3) is 11.9. The van der Waals surface area contributed by atoms with Crippen LogP contribution in [0.3, 0.4) is 0 Å². The number of aliphatic hydroxyl groups excluding tert-OH is 1. The lowest BCUT2D eigenvalue weighted by atomic mass is 9.97. The number of benzene rings is 2. The standard InChI is InChI=1S/C40H58N6O7S/c1-10-34-41-22-35(54-34)53-39(50)44(7)36(26(2)3)38(49)42-29(20-27-14-12-11-13-15-27)31(47)25-46-19-18-45(24-30(46)37(48)43-40(4,5)6)23-28-16-17-32(51-8)33(21-28)52-9/h11-17,21-22,26,29-31,36,47H,10,18-20,23-25H2,1-9H3,(H,42,49)(H,43,48)/t29-,30-,31+,36-/m0/s1. The number of likely N-dealkylation sites (N-methyl/N-ethyl adjacent to an activating group) is 1. The number of thiazole rings is 1. The van der Waals surface area contributed by atoms with Crippen molar-refractivity contribution in [2.75, 3.05) is 47.4 Å². The maximum Gasteiger partial charge on any atom is 0.416 e. The molecule has 3 N–H and O–H groups in total. The first-order chi connectivity index (χ1) is 25.6. The maximum atomic E-state index is 14.1. The molecule has 1 saturated heterocycles. The highest BCUT2D eigenvalue weighted by Crippen LogP contribution is 2.29. The van der Waals surface area contributed by atoms with Gasteiger partial charge in [-0.2, -0.15) is 0 Å². The zero-order valence-corrected chi connectivity index (χ0v) is 33.9. The Balaban J connectivity index is 1.53. The third-order valence-electron chi connectivity index (χ3n) is 9.37. The predicted octanol–water partition coefficient (Wildman–Crippen LogP) is 4.37. The Morgan fingerprint density at radius 1 is 1.04 bits per heavy atom. The van der Waals surface area contributed by atoms with Gasteiger partial charge in [0.1, 0.15) is 12.1 Å². The minimum Gasteiger partial charge on any atom is -0.493 e. The van der Waals surface area contributed by atoms with Gasteiger partial charge in [-0.3, -0.25) is 24.3 Å². The van der Waals surface area contributed by atoms with Crippen LogP contribution in [0.25, 0.3) is 0 Å². The van der Waals surface area contributed by atoms with E-state index in [0.29, 0.717) is 49.2 Å². The molecule has 14 heteroatoms. The first-order valence-corrected chi connectivity index (χ1v) is 19.3. The van der Waals surface area contributed by atoms with E-state index in [1.165, 1.54) is 29.5 Å². The molecule has 296 valence electrons. The first-order valence-electron chi connectivity index (χ1n) is 18.5. The van der Waals surface area contributed by atoms with Gasteiger partial charge in [-0.15, -0.1) is 0 Å². The summed E-state index contributed by atoms with van der Waals surface area (Å²) in [4.78, 5) is 50.9. The van der Waals surface area contributed by atoms with Crippen LogP contribution >= 0.6 is 11.3 Å². The third-order valence-corrected chi connectivity index (χ3v) is 10.4. The van der Waals surface area contributed by atoms with Crippen molar-refractivity contribution in [2.45, 2.75) is 90.7 Å². The highest BCUT2D eigenvalue weighted by Gasteiger charge is 2.38. The quantitative estimate of drug-likeness (QED) is 0.192. The molecule has 4 atom stereocenters. The number of nitrogens with one attached hydrogen (secondary N) is 2. The summed E-state index contributed by atoms with van der Waals surface area (Å²) in [5.41, 5.74) is 1.48. The smallest absolute Gasteiger partial charge is 0.416 e. The molecule has 4 rings (SSSR count). The van der Waals surface area contributed by atoms with Crippen molar-refractivity contribution in [3.63, 3.8) is 0 Å². The molecule has 1 aliphatic rings. The van der Waals surface area contributed by atoms with Crippen molar-refractivity contribution in [1.82, 2.24) is 30.3 Å². The topological polar surface area (TPSA) is 146 Å². The summed E-state index contributed by atoms with van der Waals surface area (Å²) >= 11 is 1.29. The zero-order chi connectivity index (χ0) is 39.6. The molecule has 0 aliphatic carbocycles. The number of nitrogens with zero attached hydrogens (tertiary/aromatic N) is 4. The Morgan fingerprint density at radius 2 is 1.74 bits per heavy atom. The van der Waals surface area contributed by atoms with E-state index in [1.807, 2.05) is 95.0 Å². The number of amides is 3. The normalized spacial score (nSPS) is 17.0. The van der Waals surface area contributed by atoms with Crippen LogP contribution in [0.5, 0.6) is 16.6 Å². The average Bonchev–Trinajstić information content (AvgIpc) is 3.58. The average molecular weight is 767 g/mol. The van der Waals surface area contributed by atoms with Crippen LogP contribution in [0.15, 0.2) is 54.7 Å². The number of rotatable bonds is 16. The summed E-state index contributed by atoms with van der Waals surface area (Å²) in [5, 5.41) is 19.4. The van der Waals surface area contributed by atoms with E-state index >= 15 is 0 Å². The summed E-state index contributed by atoms with van der Waals surface area (Å²) in [6, 6.07) is 13.3. The lowest BCUT2D eigenvalue weighted by Gasteiger charge is -2.43. The number of ether oxygens (including phenoxy) is 3. The number of piperazine rings is 1. The summed E-state index contributed by atoms with van der Waals surface area (Å²) in [6.45, 7) is 13.8. The van der Waals surface area contributed by atoms with E-state index in [-0.39, 0.29) is 18.4 Å². The van der Waals surface area contributed by atoms with Crippen LogP contribution in [0.2, 0.25) is 0 Å². The highest BCUT2D eigenvalue weighted by atomic mass is 32.1. The Hall–Kier alpha value is -4.24. The molecule has 0 saturated carbocycles. The zero-order valence-electron chi connectivity index (χ0n) is 33.1. The molecular formula is C40H58N6O7S. The molecule has 0 radical (unpaired) electrons. The number of carbonyl (C=O) groups excluding carboxylic acids is 3. The van der Waals surface area contributed by atoms with Crippen molar-refractivity contribution < 1.29 is 33.7 Å². The number of hydrogen-bond acceptors (Lipinski definition) is 11. The molecule has 1 aliphatic heterocycles. The first kappa shape index (κ1) is 42.5. The minimum atomic E-state index is -1.05. The number of aromatic nitrogens is 1. The van der Waals surface area contributed by atoms with Gasteiger partial charge < -0.3 is 30.0 Å². The molecule has 13 nitrogen and oxygen atoms in total. The van der Waals surface area contributed by atoms with Crippen LogP contribution in [0.4, 0.5) is 4.79 Å². The minimum absolute atomic E-state index is 0.137. The molecule has 2 heterocycles. The molecule has 3 amide bonds. The highest BCUT2D eigenvalue weighted by molar-refractivity contribution is 7.13. The van der Waals surface area contributed by atoms with Gasteiger partial charge in [-0.25, -0.2) is 9.78 Å². The van der Waals surface area contributed by atoms with E-state index < -0.39 is 41.8 Å². The van der Waals surface area contributed by atoms with Gasteiger partial charge in [-0.1, -0.05) is 68.5 Å². The molecule has 3 aromatic rings. The van der Waals surface area contributed by atoms with Crippen LogP contribution < -0.4 is 24.8 Å². The Labute approximate surface area is 324 Å².